The minimum Gasteiger partial charge on any atom is -0.361 e. The van der Waals surface area contributed by atoms with Gasteiger partial charge in [-0.3, -0.25) is 9.69 Å². The Hall–Kier alpha value is -1.11. The number of aryl methyl sites for hydroxylation is 2. The molecular formula is C14H25ClN4O2. The maximum atomic E-state index is 12.0. The van der Waals surface area contributed by atoms with Crippen molar-refractivity contribution in [3.63, 3.8) is 0 Å². The molecule has 120 valence electrons. The maximum absolute atomic E-state index is 12.0. The van der Waals surface area contributed by atoms with Crippen LogP contribution in [-0.2, 0) is 11.3 Å². The van der Waals surface area contributed by atoms with Gasteiger partial charge in [-0.1, -0.05) is 5.16 Å². The highest BCUT2D eigenvalue weighted by Gasteiger charge is 2.26. The molecule has 1 atom stereocenters. The second-order valence-corrected chi connectivity index (χ2v) is 5.46. The van der Waals surface area contributed by atoms with E-state index in [1.807, 2.05) is 13.8 Å². The van der Waals surface area contributed by atoms with Crippen molar-refractivity contribution in [2.24, 2.45) is 11.7 Å². The highest BCUT2D eigenvalue weighted by molar-refractivity contribution is 5.85. The molecule has 0 radical (unpaired) electrons. The van der Waals surface area contributed by atoms with Crippen LogP contribution in [0, 0.1) is 19.8 Å². The van der Waals surface area contributed by atoms with Crippen LogP contribution in [0.25, 0.3) is 0 Å². The molecule has 7 heteroatoms. The lowest BCUT2D eigenvalue weighted by Crippen LogP contribution is -2.43. The Kier molecular flexibility index (Phi) is 7.14. The van der Waals surface area contributed by atoms with Crippen molar-refractivity contribution in [1.29, 1.82) is 0 Å². The summed E-state index contributed by atoms with van der Waals surface area (Å²) in [7, 11) is 0. The zero-order valence-corrected chi connectivity index (χ0v) is 13.5. The Labute approximate surface area is 131 Å². The predicted octanol–water partition coefficient (Wildman–Crippen LogP) is 1.00. The molecule has 1 aromatic rings. The van der Waals surface area contributed by atoms with Crippen molar-refractivity contribution < 1.29 is 9.32 Å². The quantitative estimate of drug-likeness (QED) is 0.846. The van der Waals surface area contributed by atoms with E-state index in [0.29, 0.717) is 13.1 Å². The molecule has 1 aromatic heterocycles. The number of rotatable bonds is 5. The summed E-state index contributed by atoms with van der Waals surface area (Å²) in [5, 5.41) is 6.86. The fraction of sp³-hybridized carbons (Fsp3) is 0.714. The highest BCUT2D eigenvalue weighted by Crippen LogP contribution is 2.21. The van der Waals surface area contributed by atoms with E-state index in [2.05, 4.69) is 15.4 Å². The summed E-state index contributed by atoms with van der Waals surface area (Å²) in [6.45, 7) is 7.55. The number of amides is 1. The van der Waals surface area contributed by atoms with Crippen molar-refractivity contribution in [3.05, 3.63) is 17.0 Å². The number of nitrogens with two attached hydrogens (primary N) is 1. The Balaban J connectivity index is 0.00000220. The topological polar surface area (TPSA) is 84.4 Å². The van der Waals surface area contributed by atoms with E-state index < -0.39 is 0 Å². The average Bonchev–Trinajstić information content (AvgIpc) is 2.77. The summed E-state index contributed by atoms with van der Waals surface area (Å²) in [4.78, 5) is 14.3. The molecule has 1 aliphatic heterocycles. The minimum absolute atomic E-state index is 0. The van der Waals surface area contributed by atoms with Gasteiger partial charge >= 0.3 is 0 Å². The Morgan fingerprint density at radius 1 is 1.52 bits per heavy atom. The van der Waals surface area contributed by atoms with Gasteiger partial charge in [0.15, 0.2) is 0 Å². The Morgan fingerprint density at radius 3 is 2.90 bits per heavy atom. The van der Waals surface area contributed by atoms with Crippen LogP contribution in [0.2, 0.25) is 0 Å². The van der Waals surface area contributed by atoms with Gasteiger partial charge in [0.2, 0.25) is 5.91 Å². The van der Waals surface area contributed by atoms with Crippen molar-refractivity contribution >= 4 is 18.3 Å². The van der Waals surface area contributed by atoms with Crippen LogP contribution in [0.3, 0.4) is 0 Å². The summed E-state index contributed by atoms with van der Waals surface area (Å²) in [6.07, 6.45) is 2.00. The summed E-state index contributed by atoms with van der Waals surface area (Å²) < 4.78 is 5.19. The third-order valence-corrected chi connectivity index (χ3v) is 3.88. The number of halogens is 1. The van der Waals surface area contributed by atoms with E-state index in [9.17, 15) is 4.79 Å². The number of aromatic nitrogens is 1. The average molecular weight is 317 g/mol. The molecule has 3 N–H and O–H groups in total. The van der Waals surface area contributed by atoms with Gasteiger partial charge in [0.05, 0.1) is 11.6 Å². The number of carbonyl (C=O) groups excluding carboxylic acids is 1. The number of carbonyl (C=O) groups is 1. The molecule has 0 spiro atoms. The third-order valence-electron chi connectivity index (χ3n) is 3.88. The first-order chi connectivity index (χ1) is 9.61. The maximum Gasteiger partial charge on any atom is 0.224 e. The second-order valence-electron chi connectivity index (χ2n) is 5.46. The van der Waals surface area contributed by atoms with E-state index in [0.717, 1.165) is 49.5 Å². The molecule has 0 aliphatic carbocycles. The number of hydrogen-bond acceptors (Lipinski definition) is 5. The fourth-order valence-corrected chi connectivity index (χ4v) is 2.70. The molecule has 21 heavy (non-hydrogen) atoms. The van der Waals surface area contributed by atoms with Gasteiger partial charge in [-0.2, -0.15) is 0 Å². The van der Waals surface area contributed by atoms with Crippen LogP contribution in [0.4, 0.5) is 0 Å². The van der Waals surface area contributed by atoms with Crippen LogP contribution in [-0.4, -0.2) is 42.1 Å². The van der Waals surface area contributed by atoms with Crippen molar-refractivity contribution in [2.75, 3.05) is 26.2 Å². The predicted molar refractivity (Wildman–Crippen MR) is 83.3 cm³/mol. The van der Waals surface area contributed by atoms with Crippen LogP contribution in [0.1, 0.15) is 29.9 Å². The standard InChI is InChI=1S/C14H24N4O2.ClH/c1-10-13(11(2)20-17-10)9-18-7-3-4-12(8-18)14(19)16-6-5-15;/h12H,3-9,15H2,1-2H3,(H,16,19);1H. The molecule has 2 rings (SSSR count). The molecule has 1 unspecified atom stereocenters. The first kappa shape index (κ1) is 17.9. The van der Waals surface area contributed by atoms with E-state index in [1.165, 1.54) is 0 Å². The second kappa shape index (κ2) is 8.36. The van der Waals surface area contributed by atoms with Crippen molar-refractivity contribution in [2.45, 2.75) is 33.2 Å². The summed E-state index contributed by atoms with van der Waals surface area (Å²) in [5.74, 6) is 1.06. The molecule has 1 fully saturated rings. The van der Waals surface area contributed by atoms with Gasteiger partial charge in [-0.05, 0) is 33.2 Å². The molecule has 0 saturated carbocycles. The van der Waals surface area contributed by atoms with E-state index in [-0.39, 0.29) is 24.2 Å². The van der Waals surface area contributed by atoms with Crippen molar-refractivity contribution in [3.8, 4) is 0 Å². The number of nitrogens with zero attached hydrogens (tertiary/aromatic N) is 2. The zero-order valence-electron chi connectivity index (χ0n) is 12.7. The Bertz CT molecular complexity index is 444. The van der Waals surface area contributed by atoms with Crippen LogP contribution < -0.4 is 11.1 Å². The molecule has 0 bridgehead atoms. The monoisotopic (exact) mass is 316 g/mol. The van der Waals surface area contributed by atoms with Crippen LogP contribution >= 0.6 is 12.4 Å². The first-order valence-corrected chi connectivity index (χ1v) is 7.23. The van der Waals surface area contributed by atoms with Gasteiger partial charge in [0, 0.05) is 31.7 Å². The van der Waals surface area contributed by atoms with Gasteiger partial charge < -0.3 is 15.6 Å². The number of piperidine rings is 1. The number of hydrogen-bond donors (Lipinski definition) is 2. The third kappa shape index (κ3) is 4.69. The van der Waals surface area contributed by atoms with Crippen molar-refractivity contribution in [1.82, 2.24) is 15.4 Å². The molecule has 0 aromatic carbocycles. The lowest BCUT2D eigenvalue weighted by atomic mass is 9.96. The largest absolute Gasteiger partial charge is 0.361 e. The van der Waals surface area contributed by atoms with Gasteiger partial charge in [-0.15, -0.1) is 12.4 Å². The molecule has 6 nitrogen and oxygen atoms in total. The lowest BCUT2D eigenvalue weighted by Gasteiger charge is -2.31. The molecular weight excluding hydrogens is 292 g/mol. The van der Waals surface area contributed by atoms with Crippen LogP contribution in [0.15, 0.2) is 4.52 Å². The Morgan fingerprint density at radius 2 is 2.29 bits per heavy atom. The zero-order chi connectivity index (χ0) is 14.5. The lowest BCUT2D eigenvalue weighted by molar-refractivity contribution is -0.126. The normalized spacial score (nSPS) is 19.1. The van der Waals surface area contributed by atoms with Crippen LogP contribution in [0.5, 0.6) is 0 Å². The number of likely N-dealkylation sites (tertiary alicyclic amines) is 1. The number of nitrogens with one attached hydrogen (secondary N) is 1. The molecule has 1 saturated heterocycles. The molecule has 1 amide bonds. The SMILES string of the molecule is Cc1noc(C)c1CN1CCCC(C(=O)NCCN)C1.Cl. The van der Waals surface area contributed by atoms with E-state index in [1.54, 1.807) is 0 Å². The summed E-state index contributed by atoms with van der Waals surface area (Å²) >= 11 is 0. The highest BCUT2D eigenvalue weighted by atomic mass is 35.5. The van der Waals surface area contributed by atoms with E-state index in [4.69, 9.17) is 10.3 Å². The van der Waals surface area contributed by atoms with E-state index >= 15 is 0 Å². The molecule has 1 aliphatic rings. The van der Waals surface area contributed by atoms with Gasteiger partial charge in [-0.25, -0.2) is 0 Å². The fourth-order valence-electron chi connectivity index (χ4n) is 2.70. The van der Waals surface area contributed by atoms with Gasteiger partial charge in [0.25, 0.3) is 0 Å². The smallest absolute Gasteiger partial charge is 0.224 e. The summed E-state index contributed by atoms with van der Waals surface area (Å²) in [6, 6.07) is 0. The van der Waals surface area contributed by atoms with Gasteiger partial charge in [0.1, 0.15) is 5.76 Å². The molecule has 2 heterocycles. The summed E-state index contributed by atoms with van der Waals surface area (Å²) in [5.41, 5.74) is 7.50. The first-order valence-electron chi connectivity index (χ1n) is 7.23. The minimum atomic E-state index is 0.